The number of Topliss-reactive ketones (excluding diaryl/α,β-unsaturated/α-hetero) is 3. The van der Waals surface area contributed by atoms with Crippen molar-refractivity contribution in [3.8, 4) is 11.5 Å². The van der Waals surface area contributed by atoms with Crippen molar-refractivity contribution in [1.29, 1.82) is 0 Å². The molecular weight excluding hydrogens is 689 g/mol. The van der Waals surface area contributed by atoms with Crippen LogP contribution in [0.3, 0.4) is 0 Å². The molecule has 2 aromatic carbocycles. The molecule has 7 nitrogen and oxygen atoms in total. The summed E-state index contributed by atoms with van der Waals surface area (Å²) in [6, 6.07) is 10.1. The number of aryl methyl sites for hydroxylation is 2. The topological polar surface area (TPSA) is 121 Å². The second kappa shape index (κ2) is 16.4. The quantitative estimate of drug-likeness (QED) is 0.265. The molecule has 4 aliphatic carbocycles. The fourth-order valence-electron chi connectivity index (χ4n) is 12.3. The Bertz CT molecular complexity index is 1670. The molecule has 0 radical (unpaired) electrons. The summed E-state index contributed by atoms with van der Waals surface area (Å²) in [5.74, 6) is 0.309. The van der Waals surface area contributed by atoms with Gasteiger partial charge < -0.3 is 20.1 Å². The first-order valence-corrected chi connectivity index (χ1v) is 21.1. The summed E-state index contributed by atoms with van der Waals surface area (Å²) in [5.41, 5.74) is 2.82. The molecular formula is C48H70O7. The van der Waals surface area contributed by atoms with Gasteiger partial charge in [-0.1, -0.05) is 68.2 Å². The zero-order chi connectivity index (χ0) is 40.7. The average Bonchev–Trinajstić information content (AvgIpc) is 3.67. The van der Waals surface area contributed by atoms with Gasteiger partial charge in [-0.2, -0.15) is 0 Å². The molecule has 7 heteroatoms. The van der Waals surface area contributed by atoms with E-state index in [0.717, 1.165) is 69.3 Å². The number of phenolic OH excluding ortho intramolecular Hbond substituents is 2. The molecule has 0 amide bonds. The van der Waals surface area contributed by atoms with Crippen LogP contribution in [-0.2, 0) is 9.53 Å². The molecule has 2 aromatic rings. The molecule has 1 unspecified atom stereocenters. The van der Waals surface area contributed by atoms with E-state index < -0.39 is 6.10 Å². The smallest absolute Gasteiger partial charge is 0.167 e. The second-order valence-corrected chi connectivity index (χ2v) is 20.0. The van der Waals surface area contributed by atoms with Gasteiger partial charge in [0.25, 0.3) is 0 Å². The number of rotatable bonds is 4. The molecule has 55 heavy (non-hydrogen) atoms. The van der Waals surface area contributed by atoms with Crippen LogP contribution in [-0.4, -0.2) is 52.0 Å². The van der Waals surface area contributed by atoms with E-state index in [2.05, 4.69) is 41.5 Å². The van der Waals surface area contributed by atoms with Crippen molar-refractivity contribution in [3.63, 3.8) is 0 Å². The molecule has 1 heterocycles. The Balaban J connectivity index is 0.000000187. The molecule has 9 atom stereocenters. The lowest BCUT2D eigenvalue weighted by Crippen LogP contribution is -2.57. The fourth-order valence-corrected chi connectivity index (χ4v) is 12.3. The van der Waals surface area contributed by atoms with E-state index >= 15 is 0 Å². The maximum Gasteiger partial charge on any atom is 0.167 e. The predicted molar refractivity (Wildman–Crippen MR) is 218 cm³/mol. The number of aliphatic hydroxyl groups excluding tert-OH is 1. The van der Waals surface area contributed by atoms with E-state index in [9.17, 15) is 29.7 Å². The van der Waals surface area contributed by atoms with E-state index in [1.165, 1.54) is 12.8 Å². The van der Waals surface area contributed by atoms with Gasteiger partial charge in [-0.05, 0) is 146 Å². The van der Waals surface area contributed by atoms with Gasteiger partial charge in [0, 0.05) is 48.5 Å². The fraction of sp³-hybridized carbons (Fsp3) is 0.688. The number of ether oxygens (including phenoxy) is 1. The van der Waals surface area contributed by atoms with Gasteiger partial charge in [-0.25, -0.2) is 0 Å². The zero-order valence-electron chi connectivity index (χ0n) is 35.5. The Hall–Kier alpha value is -3.03. The van der Waals surface area contributed by atoms with Crippen LogP contribution >= 0.6 is 0 Å². The lowest BCUT2D eigenvalue weighted by Gasteiger charge is -2.59. The van der Waals surface area contributed by atoms with Crippen LogP contribution in [0.25, 0.3) is 0 Å². The van der Waals surface area contributed by atoms with Crippen molar-refractivity contribution >= 4 is 17.3 Å². The molecule has 0 spiro atoms. The summed E-state index contributed by atoms with van der Waals surface area (Å²) in [6.07, 6.45) is 10.0. The van der Waals surface area contributed by atoms with E-state index in [-0.39, 0.29) is 80.1 Å². The monoisotopic (exact) mass is 759 g/mol. The van der Waals surface area contributed by atoms with Crippen LogP contribution in [0.15, 0.2) is 36.4 Å². The average molecular weight is 759 g/mol. The maximum absolute atomic E-state index is 13.5. The molecule has 5 fully saturated rings. The van der Waals surface area contributed by atoms with Crippen molar-refractivity contribution in [2.45, 2.75) is 140 Å². The highest BCUT2D eigenvalue weighted by Gasteiger charge is 2.59. The van der Waals surface area contributed by atoms with Gasteiger partial charge >= 0.3 is 0 Å². The summed E-state index contributed by atoms with van der Waals surface area (Å²) in [5, 5.41) is 30.6. The molecule has 7 rings (SSSR count). The van der Waals surface area contributed by atoms with Gasteiger partial charge in [0.15, 0.2) is 11.6 Å². The highest BCUT2D eigenvalue weighted by atomic mass is 16.5. The Kier molecular flexibility index (Phi) is 12.9. The first kappa shape index (κ1) is 43.1. The van der Waals surface area contributed by atoms with E-state index in [4.69, 9.17) is 4.74 Å². The van der Waals surface area contributed by atoms with Crippen LogP contribution in [0, 0.1) is 71.0 Å². The second-order valence-electron chi connectivity index (χ2n) is 20.0. The molecule has 304 valence electrons. The Morgan fingerprint density at radius 3 is 1.56 bits per heavy atom. The van der Waals surface area contributed by atoms with Crippen LogP contribution in [0.4, 0.5) is 0 Å². The highest BCUT2D eigenvalue weighted by Crippen LogP contribution is 2.62. The zero-order valence-corrected chi connectivity index (χ0v) is 35.5. The number of aromatic hydroxyl groups is 2. The molecule has 3 N–H and O–H groups in total. The third-order valence-corrected chi connectivity index (χ3v) is 15.1. The number of carbonyl (C=O) groups is 3. The van der Waals surface area contributed by atoms with Gasteiger partial charge in [0.1, 0.15) is 17.3 Å². The van der Waals surface area contributed by atoms with Crippen LogP contribution < -0.4 is 0 Å². The number of benzene rings is 2. The van der Waals surface area contributed by atoms with Crippen molar-refractivity contribution in [2.24, 2.45) is 57.2 Å². The minimum atomic E-state index is -0.442. The number of ketones is 3. The van der Waals surface area contributed by atoms with E-state index in [0.29, 0.717) is 23.5 Å². The van der Waals surface area contributed by atoms with Crippen molar-refractivity contribution in [1.82, 2.24) is 0 Å². The minimum Gasteiger partial charge on any atom is -0.508 e. The predicted octanol–water partition coefficient (Wildman–Crippen LogP) is 10.5. The number of phenols is 2. The normalized spacial score (nSPS) is 34.8. The number of fused-ring (bicyclic) bond motifs is 2. The van der Waals surface area contributed by atoms with Gasteiger partial charge in [-0.15, -0.1) is 0 Å². The molecule has 1 aliphatic heterocycles. The molecule has 0 bridgehead atoms. The third kappa shape index (κ3) is 8.78. The lowest BCUT2D eigenvalue weighted by molar-refractivity contribution is -0.143. The molecule has 1 saturated heterocycles. The summed E-state index contributed by atoms with van der Waals surface area (Å²) < 4.78 is 4.94. The maximum atomic E-state index is 13.5. The van der Waals surface area contributed by atoms with Gasteiger partial charge in [-0.3, -0.25) is 14.4 Å². The third-order valence-electron chi connectivity index (χ3n) is 15.1. The Labute approximate surface area is 331 Å². The summed E-state index contributed by atoms with van der Waals surface area (Å²) in [6.45, 7) is 23.3. The minimum absolute atomic E-state index is 0.0183. The lowest BCUT2D eigenvalue weighted by atomic mass is 9.45. The van der Waals surface area contributed by atoms with E-state index in [1.807, 2.05) is 39.8 Å². The van der Waals surface area contributed by atoms with Crippen molar-refractivity contribution in [3.05, 3.63) is 58.7 Å². The standard InChI is InChI=1S/C22H32O3.C22H30O3.C4H8O/c2*1-13-9-15(11-16(23)10-13)20(25)19-14(2)17(24)12-18-21(3,4)7-6-8-22(18,19)5;1-2-4-5-3-1/h9-11,14,17-19,23-24H,6-8,12H2,1-5H3;9-11,14,18-19,23H,6-8,12H2,1-5H3;1-4H2/t14-,17?,18+,19-,22+;14-,18+,19-,22+;/m11./s1. The van der Waals surface area contributed by atoms with Gasteiger partial charge in [0.05, 0.1) is 6.10 Å². The molecule has 4 saturated carbocycles. The first-order valence-electron chi connectivity index (χ1n) is 21.1. The summed E-state index contributed by atoms with van der Waals surface area (Å²) in [7, 11) is 0. The summed E-state index contributed by atoms with van der Waals surface area (Å²) in [4.78, 5) is 39.7. The number of carbonyl (C=O) groups excluding carboxylic acids is 3. The van der Waals surface area contributed by atoms with E-state index in [1.54, 1.807) is 24.3 Å². The van der Waals surface area contributed by atoms with Gasteiger partial charge in [0.2, 0.25) is 0 Å². The molecule has 5 aliphatic rings. The SMILES string of the molecule is C1CCOC1.Cc1cc(O)cc(C(=O)[C@H]2[C@H](C)C(=O)C[C@H]3C(C)(C)CCC[C@]23C)c1.Cc1cc(O)cc(C(=O)[C@H]2[C@H](C)C(O)C[C@H]3C(C)(C)CCC[C@]23C)c1. The highest BCUT2D eigenvalue weighted by molar-refractivity contribution is 6.02. The van der Waals surface area contributed by atoms with Crippen molar-refractivity contribution < 1.29 is 34.4 Å². The number of hydrogen-bond acceptors (Lipinski definition) is 7. The first-order chi connectivity index (χ1) is 25.6. The summed E-state index contributed by atoms with van der Waals surface area (Å²) >= 11 is 0. The number of aliphatic hydroxyl groups is 1. The van der Waals surface area contributed by atoms with Crippen molar-refractivity contribution in [2.75, 3.05) is 13.2 Å². The largest absolute Gasteiger partial charge is 0.508 e. The number of hydrogen-bond donors (Lipinski definition) is 3. The Morgan fingerprint density at radius 1 is 0.655 bits per heavy atom. The molecule has 0 aromatic heterocycles. The Morgan fingerprint density at radius 2 is 1.11 bits per heavy atom. The van der Waals surface area contributed by atoms with Crippen LogP contribution in [0.5, 0.6) is 11.5 Å². The van der Waals surface area contributed by atoms with Crippen LogP contribution in [0.1, 0.15) is 151 Å². The van der Waals surface area contributed by atoms with Crippen LogP contribution in [0.2, 0.25) is 0 Å².